The number of pyridine rings is 1. The van der Waals surface area contributed by atoms with Gasteiger partial charge in [0.1, 0.15) is 11.3 Å². The van der Waals surface area contributed by atoms with Gasteiger partial charge >= 0.3 is 6.03 Å². The Hall–Kier alpha value is -2.87. The van der Waals surface area contributed by atoms with Crippen molar-refractivity contribution in [2.75, 3.05) is 34.4 Å². The first-order valence-corrected chi connectivity index (χ1v) is 9.30. The Morgan fingerprint density at radius 3 is 2.50 bits per heavy atom. The minimum absolute atomic E-state index is 0.130. The third-order valence-corrected chi connectivity index (χ3v) is 5.72. The zero-order valence-corrected chi connectivity index (χ0v) is 16.3. The molecule has 2 fully saturated rings. The van der Waals surface area contributed by atoms with Crippen LogP contribution in [0.4, 0.5) is 4.79 Å². The maximum Gasteiger partial charge on any atom is 0.324 e. The molecule has 3 heterocycles. The SMILES string of the molecule is COc1ccc2nc(OC)c(CN3CCC4(CC3)NC(=O)N(C)C4=O)cc2c1. The van der Waals surface area contributed by atoms with Crippen LogP contribution in [0, 0.1) is 0 Å². The van der Waals surface area contributed by atoms with Crippen molar-refractivity contribution in [3.8, 4) is 11.6 Å². The lowest BCUT2D eigenvalue weighted by atomic mass is 9.87. The zero-order valence-electron chi connectivity index (χ0n) is 16.3. The monoisotopic (exact) mass is 384 g/mol. The number of likely N-dealkylation sites (tertiary alicyclic amines) is 1. The van der Waals surface area contributed by atoms with Gasteiger partial charge in [-0.05, 0) is 37.1 Å². The molecule has 0 bridgehead atoms. The number of urea groups is 1. The highest BCUT2D eigenvalue weighted by molar-refractivity contribution is 6.06. The van der Waals surface area contributed by atoms with Gasteiger partial charge in [-0.1, -0.05) is 0 Å². The number of rotatable bonds is 4. The van der Waals surface area contributed by atoms with Crippen molar-refractivity contribution in [2.24, 2.45) is 0 Å². The average Bonchev–Trinajstić information content (AvgIpc) is 2.92. The molecule has 1 aromatic heterocycles. The van der Waals surface area contributed by atoms with Gasteiger partial charge in [-0.15, -0.1) is 0 Å². The fourth-order valence-corrected chi connectivity index (χ4v) is 4.03. The van der Waals surface area contributed by atoms with Gasteiger partial charge in [0.15, 0.2) is 0 Å². The number of ether oxygens (including phenoxy) is 2. The molecule has 8 heteroatoms. The molecule has 0 unspecified atom stereocenters. The van der Waals surface area contributed by atoms with Gasteiger partial charge in [0.2, 0.25) is 5.88 Å². The molecule has 8 nitrogen and oxygen atoms in total. The molecule has 0 atom stereocenters. The number of nitrogens with one attached hydrogen (secondary N) is 1. The lowest BCUT2D eigenvalue weighted by Crippen LogP contribution is -2.54. The fraction of sp³-hybridized carbons (Fsp3) is 0.450. The second-order valence-corrected chi connectivity index (χ2v) is 7.37. The van der Waals surface area contributed by atoms with E-state index in [-0.39, 0.29) is 11.9 Å². The number of hydrogen-bond donors (Lipinski definition) is 1. The van der Waals surface area contributed by atoms with Crippen LogP contribution in [-0.2, 0) is 11.3 Å². The molecule has 2 saturated heterocycles. The molecular weight excluding hydrogens is 360 g/mol. The molecule has 3 amide bonds. The maximum atomic E-state index is 12.4. The first-order chi connectivity index (χ1) is 13.5. The van der Waals surface area contributed by atoms with Crippen molar-refractivity contribution in [1.29, 1.82) is 0 Å². The van der Waals surface area contributed by atoms with Crippen molar-refractivity contribution in [3.05, 3.63) is 29.8 Å². The van der Waals surface area contributed by atoms with Crippen LogP contribution >= 0.6 is 0 Å². The highest BCUT2D eigenvalue weighted by atomic mass is 16.5. The third kappa shape index (κ3) is 3.03. The summed E-state index contributed by atoms with van der Waals surface area (Å²) < 4.78 is 10.8. The van der Waals surface area contributed by atoms with E-state index < -0.39 is 5.54 Å². The average molecular weight is 384 g/mol. The Labute approximate surface area is 163 Å². The van der Waals surface area contributed by atoms with Gasteiger partial charge in [0.25, 0.3) is 5.91 Å². The molecule has 0 saturated carbocycles. The summed E-state index contributed by atoms with van der Waals surface area (Å²) in [6, 6.07) is 7.51. The van der Waals surface area contributed by atoms with Crippen molar-refractivity contribution in [3.63, 3.8) is 0 Å². The van der Waals surface area contributed by atoms with Crippen LogP contribution in [0.25, 0.3) is 10.9 Å². The van der Waals surface area contributed by atoms with E-state index in [2.05, 4.69) is 21.3 Å². The Balaban J connectivity index is 1.52. The van der Waals surface area contributed by atoms with Gasteiger partial charge in [-0.3, -0.25) is 14.6 Å². The quantitative estimate of drug-likeness (QED) is 0.809. The molecule has 2 aliphatic heterocycles. The molecule has 2 aromatic rings. The largest absolute Gasteiger partial charge is 0.497 e. The number of carbonyl (C=O) groups is 2. The van der Waals surface area contributed by atoms with E-state index in [0.717, 1.165) is 22.2 Å². The number of hydrogen-bond acceptors (Lipinski definition) is 6. The predicted molar refractivity (Wildman–Crippen MR) is 103 cm³/mol. The second kappa shape index (κ2) is 6.94. The van der Waals surface area contributed by atoms with Gasteiger partial charge in [-0.25, -0.2) is 9.78 Å². The second-order valence-electron chi connectivity index (χ2n) is 7.37. The van der Waals surface area contributed by atoms with Crippen LogP contribution in [0.3, 0.4) is 0 Å². The van der Waals surface area contributed by atoms with Crippen molar-refractivity contribution >= 4 is 22.8 Å². The van der Waals surface area contributed by atoms with E-state index in [1.54, 1.807) is 14.2 Å². The summed E-state index contributed by atoms with van der Waals surface area (Å²) in [5.74, 6) is 1.25. The van der Waals surface area contributed by atoms with E-state index >= 15 is 0 Å². The molecule has 148 valence electrons. The number of likely N-dealkylation sites (N-methyl/N-ethyl adjacent to an activating group) is 1. The Morgan fingerprint density at radius 1 is 1.14 bits per heavy atom. The van der Waals surface area contributed by atoms with Crippen LogP contribution in [-0.4, -0.2) is 66.6 Å². The number of amides is 3. The van der Waals surface area contributed by atoms with E-state index in [9.17, 15) is 9.59 Å². The number of aromatic nitrogens is 1. The highest BCUT2D eigenvalue weighted by Crippen LogP contribution is 2.31. The molecule has 0 aliphatic carbocycles. The minimum atomic E-state index is -0.749. The van der Waals surface area contributed by atoms with E-state index in [0.29, 0.717) is 38.4 Å². The maximum absolute atomic E-state index is 12.4. The number of carbonyl (C=O) groups excluding carboxylic acids is 2. The normalized spacial score (nSPS) is 19.3. The zero-order chi connectivity index (χ0) is 19.9. The number of fused-ring (bicyclic) bond motifs is 1. The standard InChI is InChI=1S/C20H24N4O4/c1-23-18(25)20(22-19(23)26)6-8-24(9-7-20)12-14-10-13-11-15(27-2)4-5-16(13)21-17(14)28-3/h4-5,10-11H,6-9,12H2,1-3H3,(H,22,26). The lowest BCUT2D eigenvalue weighted by molar-refractivity contribution is -0.132. The minimum Gasteiger partial charge on any atom is -0.497 e. The van der Waals surface area contributed by atoms with Crippen molar-refractivity contribution in [1.82, 2.24) is 20.1 Å². The van der Waals surface area contributed by atoms with Gasteiger partial charge in [0, 0.05) is 37.6 Å². The Morgan fingerprint density at radius 2 is 1.89 bits per heavy atom. The summed E-state index contributed by atoms with van der Waals surface area (Å²) in [4.78, 5) is 32.3. The van der Waals surface area contributed by atoms with E-state index in [1.807, 2.05) is 18.2 Å². The summed E-state index contributed by atoms with van der Waals surface area (Å²) >= 11 is 0. The number of nitrogens with zero attached hydrogens (tertiary/aromatic N) is 3. The van der Waals surface area contributed by atoms with Crippen LogP contribution in [0.1, 0.15) is 18.4 Å². The molecular formula is C20H24N4O4. The first kappa shape index (κ1) is 18.5. The highest BCUT2D eigenvalue weighted by Gasteiger charge is 2.50. The number of imide groups is 1. The molecule has 1 aromatic carbocycles. The topological polar surface area (TPSA) is 84.0 Å². The fourth-order valence-electron chi connectivity index (χ4n) is 4.03. The number of methoxy groups -OCH3 is 2. The van der Waals surface area contributed by atoms with Gasteiger partial charge in [0.05, 0.1) is 19.7 Å². The van der Waals surface area contributed by atoms with Gasteiger partial charge < -0.3 is 14.8 Å². The van der Waals surface area contributed by atoms with E-state index in [4.69, 9.17) is 9.47 Å². The summed E-state index contributed by atoms with van der Waals surface area (Å²) in [7, 11) is 4.79. The van der Waals surface area contributed by atoms with Crippen LogP contribution in [0.2, 0.25) is 0 Å². The third-order valence-electron chi connectivity index (χ3n) is 5.72. The molecule has 28 heavy (non-hydrogen) atoms. The van der Waals surface area contributed by atoms with E-state index in [1.165, 1.54) is 11.9 Å². The Bertz CT molecular complexity index is 937. The van der Waals surface area contributed by atoms with Gasteiger partial charge in [-0.2, -0.15) is 0 Å². The van der Waals surface area contributed by atoms with Crippen LogP contribution in [0.5, 0.6) is 11.6 Å². The summed E-state index contributed by atoms with van der Waals surface area (Å²) in [5, 5.41) is 3.86. The molecule has 4 rings (SSSR count). The smallest absolute Gasteiger partial charge is 0.324 e. The van der Waals surface area contributed by atoms with Crippen molar-refractivity contribution < 1.29 is 19.1 Å². The summed E-state index contributed by atoms with van der Waals surface area (Å²) in [5.41, 5.74) is 1.08. The number of piperidine rings is 1. The summed E-state index contributed by atoms with van der Waals surface area (Å²) in [6.07, 6.45) is 1.19. The predicted octanol–water partition coefficient (Wildman–Crippen LogP) is 1.77. The molecule has 2 aliphatic rings. The number of benzene rings is 1. The molecule has 1 N–H and O–H groups in total. The lowest BCUT2D eigenvalue weighted by Gasteiger charge is -2.37. The van der Waals surface area contributed by atoms with Crippen LogP contribution < -0.4 is 14.8 Å². The Kier molecular flexibility index (Phi) is 4.58. The van der Waals surface area contributed by atoms with Crippen molar-refractivity contribution in [2.45, 2.75) is 24.9 Å². The summed E-state index contributed by atoms with van der Waals surface area (Å²) in [6.45, 7) is 2.08. The molecule has 1 spiro atoms. The molecule has 0 radical (unpaired) electrons. The first-order valence-electron chi connectivity index (χ1n) is 9.30. The van der Waals surface area contributed by atoms with Crippen LogP contribution in [0.15, 0.2) is 24.3 Å².